The van der Waals surface area contributed by atoms with E-state index in [0.29, 0.717) is 29.4 Å². The zero-order valence-corrected chi connectivity index (χ0v) is 16.7. The number of hydrogen-bond donors (Lipinski definition) is 1. The Morgan fingerprint density at radius 3 is 2.63 bits per heavy atom. The maximum Gasteiger partial charge on any atom is 0.251 e. The van der Waals surface area contributed by atoms with Crippen LogP contribution in [-0.2, 0) is 4.74 Å². The molecule has 0 unspecified atom stereocenters. The van der Waals surface area contributed by atoms with Crippen LogP contribution in [0.5, 0.6) is 17.4 Å². The molecule has 1 saturated heterocycles. The lowest BCUT2D eigenvalue weighted by Crippen LogP contribution is -2.31. The van der Waals surface area contributed by atoms with Crippen molar-refractivity contribution in [3.63, 3.8) is 0 Å². The molecule has 1 aromatic heterocycles. The zero-order valence-electron chi connectivity index (χ0n) is 16.7. The van der Waals surface area contributed by atoms with E-state index >= 15 is 0 Å². The maximum absolute atomic E-state index is 12.5. The van der Waals surface area contributed by atoms with Crippen LogP contribution in [0.15, 0.2) is 60.7 Å². The van der Waals surface area contributed by atoms with E-state index in [1.54, 1.807) is 37.4 Å². The first-order valence-corrected chi connectivity index (χ1v) is 9.87. The number of carbonyl (C=O) groups excluding carboxylic acids is 1. The summed E-state index contributed by atoms with van der Waals surface area (Å²) in [6, 6.07) is 18.1. The van der Waals surface area contributed by atoms with Crippen molar-refractivity contribution in [2.24, 2.45) is 0 Å². The fraction of sp³-hybridized carbons (Fsp3) is 0.261. The Morgan fingerprint density at radius 1 is 1.10 bits per heavy atom. The van der Waals surface area contributed by atoms with Crippen LogP contribution in [0, 0.1) is 0 Å². The molecule has 0 bridgehead atoms. The summed E-state index contributed by atoms with van der Waals surface area (Å²) in [5.74, 6) is 1.65. The van der Waals surface area contributed by atoms with Crippen molar-refractivity contribution in [2.75, 3.05) is 20.3 Å². The summed E-state index contributed by atoms with van der Waals surface area (Å²) in [5.41, 5.74) is 2.04. The quantitative estimate of drug-likeness (QED) is 0.643. The van der Waals surface area contributed by atoms with Gasteiger partial charge in [0.15, 0.2) is 0 Å². The van der Waals surface area contributed by atoms with Gasteiger partial charge in [-0.05, 0) is 55.3 Å². The molecule has 7 heteroatoms. The van der Waals surface area contributed by atoms with Gasteiger partial charge in [0.25, 0.3) is 5.91 Å². The van der Waals surface area contributed by atoms with E-state index < -0.39 is 0 Å². The monoisotopic (exact) mass is 405 g/mol. The number of methoxy groups -OCH3 is 1. The van der Waals surface area contributed by atoms with Crippen LogP contribution in [0.25, 0.3) is 11.3 Å². The lowest BCUT2D eigenvalue weighted by molar-refractivity contribution is 0.0858. The van der Waals surface area contributed by atoms with E-state index in [4.69, 9.17) is 14.2 Å². The van der Waals surface area contributed by atoms with Gasteiger partial charge in [-0.2, -0.15) is 0 Å². The first kappa shape index (κ1) is 19.8. The van der Waals surface area contributed by atoms with Gasteiger partial charge in [0.2, 0.25) is 5.88 Å². The highest BCUT2D eigenvalue weighted by Gasteiger charge is 2.17. The van der Waals surface area contributed by atoms with Crippen molar-refractivity contribution in [3.8, 4) is 28.6 Å². The number of carbonyl (C=O) groups is 1. The Labute approximate surface area is 175 Å². The normalized spacial score (nSPS) is 15.6. The maximum atomic E-state index is 12.5. The molecule has 1 atom stereocenters. The molecule has 1 aliphatic heterocycles. The Hall–Kier alpha value is -3.45. The van der Waals surface area contributed by atoms with Crippen LogP contribution in [0.4, 0.5) is 0 Å². The van der Waals surface area contributed by atoms with E-state index in [2.05, 4.69) is 15.5 Å². The lowest BCUT2D eigenvalue weighted by atomic mass is 10.1. The Kier molecular flexibility index (Phi) is 6.20. The van der Waals surface area contributed by atoms with Gasteiger partial charge in [-0.25, -0.2) is 0 Å². The van der Waals surface area contributed by atoms with Crippen LogP contribution in [0.2, 0.25) is 0 Å². The second-order valence-electron chi connectivity index (χ2n) is 6.96. The highest BCUT2D eigenvalue weighted by Crippen LogP contribution is 2.24. The van der Waals surface area contributed by atoms with Crippen LogP contribution >= 0.6 is 0 Å². The molecule has 1 fully saturated rings. The second-order valence-corrected chi connectivity index (χ2v) is 6.96. The van der Waals surface area contributed by atoms with Gasteiger partial charge in [-0.3, -0.25) is 4.79 Å². The number of amides is 1. The third-order valence-corrected chi connectivity index (χ3v) is 4.86. The zero-order chi connectivity index (χ0) is 20.8. The summed E-state index contributed by atoms with van der Waals surface area (Å²) in [6.45, 7) is 1.30. The van der Waals surface area contributed by atoms with E-state index in [1.165, 1.54) is 0 Å². The van der Waals surface area contributed by atoms with Crippen LogP contribution in [0.3, 0.4) is 0 Å². The molecule has 1 amide bonds. The number of aromatic nitrogens is 2. The molecule has 1 N–H and O–H groups in total. The first-order valence-electron chi connectivity index (χ1n) is 9.87. The van der Waals surface area contributed by atoms with Gasteiger partial charge in [-0.1, -0.05) is 12.1 Å². The third-order valence-electron chi connectivity index (χ3n) is 4.86. The Bertz CT molecular complexity index is 984. The molecule has 1 aliphatic rings. The summed E-state index contributed by atoms with van der Waals surface area (Å²) < 4.78 is 16.4. The average molecular weight is 405 g/mol. The van der Waals surface area contributed by atoms with Crippen LogP contribution in [-0.4, -0.2) is 42.5 Å². The van der Waals surface area contributed by atoms with E-state index in [9.17, 15) is 4.79 Å². The molecule has 0 radical (unpaired) electrons. The molecule has 30 heavy (non-hydrogen) atoms. The molecular weight excluding hydrogens is 382 g/mol. The summed E-state index contributed by atoms with van der Waals surface area (Å²) in [5, 5.41) is 11.3. The molecule has 3 aromatic rings. The van der Waals surface area contributed by atoms with Crippen molar-refractivity contribution in [1.82, 2.24) is 15.5 Å². The Morgan fingerprint density at radius 2 is 1.93 bits per heavy atom. The SMILES string of the molecule is COc1ccc(Oc2ccc(-c3cccc(C(=O)NC[C@@H]4CCCO4)c3)nn2)cc1. The minimum Gasteiger partial charge on any atom is -0.497 e. The molecule has 2 aromatic carbocycles. The van der Waals surface area contributed by atoms with Gasteiger partial charge >= 0.3 is 0 Å². The van der Waals surface area contributed by atoms with E-state index in [0.717, 1.165) is 30.8 Å². The number of benzene rings is 2. The predicted octanol–water partition coefficient (Wildman–Crippen LogP) is 3.85. The fourth-order valence-corrected chi connectivity index (χ4v) is 3.23. The number of nitrogens with zero attached hydrogens (tertiary/aromatic N) is 2. The van der Waals surface area contributed by atoms with Crippen molar-refractivity contribution in [2.45, 2.75) is 18.9 Å². The standard InChI is InChI=1S/C23H23N3O4/c1-28-18-7-9-19(10-8-18)30-22-12-11-21(25-26-22)16-4-2-5-17(14-16)23(27)24-15-20-6-3-13-29-20/h2,4-5,7-12,14,20H,3,6,13,15H2,1H3,(H,24,27)/t20-/m0/s1. The van der Waals surface area contributed by atoms with Gasteiger partial charge < -0.3 is 19.5 Å². The molecule has 4 rings (SSSR count). The number of rotatable bonds is 7. The topological polar surface area (TPSA) is 82.6 Å². The summed E-state index contributed by atoms with van der Waals surface area (Å²) in [4.78, 5) is 12.5. The van der Waals surface area contributed by atoms with Gasteiger partial charge in [-0.15, -0.1) is 10.2 Å². The molecule has 0 aliphatic carbocycles. The van der Waals surface area contributed by atoms with E-state index in [1.807, 2.05) is 30.3 Å². The smallest absolute Gasteiger partial charge is 0.251 e. The first-order chi connectivity index (χ1) is 14.7. The number of hydrogen-bond acceptors (Lipinski definition) is 6. The minimum absolute atomic E-state index is 0.112. The van der Waals surface area contributed by atoms with Gasteiger partial charge in [0.05, 0.1) is 18.9 Å². The van der Waals surface area contributed by atoms with Gasteiger partial charge in [0.1, 0.15) is 11.5 Å². The van der Waals surface area contributed by atoms with Crippen molar-refractivity contribution < 1.29 is 19.0 Å². The summed E-state index contributed by atoms with van der Waals surface area (Å²) in [6.07, 6.45) is 2.15. The van der Waals surface area contributed by atoms with Crippen molar-refractivity contribution in [3.05, 3.63) is 66.2 Å². The molecular formula is C23H23N3O4. The molecule has 2 heterocycles. The Balaban J connectivity index is 1.40. The molecule has 7 nitrogen and oxygen atoms in total. The van der Waals surface area contributed by atoms with E-state index in [-0.39, 0.29) is 12.0 Å². The predicted molar refractivity (Wildman–Crippen MR) is 112 cm³/mol. The molecule has 154 valence electrons. The summed E-state index contributed by atoms with van der Waals surface area (Å²) >= 11 is 0. The lowest BCUT2D eigenvalue weighted by Gasteiger charge is -2.11. The van der Waals surface area contributed by atoms with Gasteiger partial charge in [0, 0.05) is 30.3 Å². The number of nitrogens with one attached hydrogen (secondary N) is 1. The second kappa shape index (κ2) is 9.37. The molecule has 0 spiro atoms. The summed E-state index contributed by atoms with van der Waals surface area (Å²) in [7, 11) is 1.61. The van der Waals surface area contributed by atoms with Crippen molar-refractivity contribution >= 4 is 5.91 Å². The third kappa shape index (κ3) is 4.93. The average Bonchev–Trinajstić information content (AvgIpc) is 3.32. The highest BCUT2D eigenvalue weighted by molar-refractivity contribution is 5.95. The number of ether oxygens (including phenoxy) is 3. The highest BCUT2D eigenvalue weighted by atomic mass is 16.5. The largest absolute Gasteiger partial charge is 0.497 e. The fourth-order valence-electron chi connectivity index (χ4n) is 3.23. The minimum atomic E-state index is -0.125. The molecule has 0 saturated carbocycles. The van der Waals surface area contributed by atoms with Crippen LogP contribution < -0.4 is 14.8 Å². The van der Waals surface area contributed by atoms with Crippen molar-refractivity contribution in [1.29, 1.82) is 0 Å². The van der Waals surface area contributed by atoms with Crippen LogP contribution in [0.1, 0.15) is 23.2 Å².